The average Bonchev–Trinajstić information content (AvgIpc) is 3.23. The summed E-state index contributed by atoms with van der Waals surface area (Å²) < 4.78 is 5.35. The quantitative estimate of drug-likeness (QED) is 0.620. The van der Waals surface area contributed by atoms with Crippen LogP contribution in [0.15, 0.2) is 42.7 Å². The van der Waals surface area contributed by atoms with Gasteiger partial charge in [0, 0.05) is 23.6 Å². The standard InChI is InChI=1S/C26H29N3O3/c1-5-32-24(31)17-7-6-8-19-18(17)14-22-25(2,3)26(19,4)11-12-29(22)23(30)16-9-10-20-21(13-16)28-15-27-20/h6-10,13,15,22H,5,11-12,14H2,1-4H3,(H,27,28)/t22-,26+/m1/s1. The average molecular weight is 432 g/mol. The summed E-state index contributed by atoms with van der Waals surface area (Å²) in [5.41, 5.74) is 4.92. The molecule has 1 N–H and O–H groups in total. The molecule has 2 heterocycles. The summed E-state index contributed by atoms with van der Waals surface area (Å²) >= 11 is 0. The summed E-state index contributed by atoms with van der Waals surface area (Å²) in [6, 6.07) is 11.6. The number of amides is 1. The topological polar surface area (TPSA) is 75.3 Å². The van der Waals surface area contributed by atoms with Crippen LogP contribution in [0.25, 0.3) is 11.0 Å². The molecule has 2 atom stereocenters. The van der Waals surface area contributed by atoms with Crippen molar-refractivity contribution >= 4 is 22.9 Å². The zero-order valence-corrected chi connectivity index (χ0v) is 19.1. The molecule has 0 saturated carbocycles. The Morgan fingerprint density at radius 3 is 2.81 bits per heavy atom. The van der Waals surface area contributed by atoms with E-state index < -0.39 is 0 Å². The highest BCUT2D eigenvalue weighted by atomic mass is 16.5. The molecule has 3 aromatic rings. The van der Waals surface area contributed by atoms with Crippen LogP contribution < -0.4 is 0 Å². The van der Waals surface area contributed by atoms with Gasteiger partial charge in [0.1, 0.15) is 0 Å². The van der Waals surface area contributed by atoms with E-state index in [9.17, 15) is 9.59 Å². The van der Waals surface area contributed by atoms with Gasteiger partial charge in [-0.25, -0.2) is 9.78 Å². The van der Waals surface area contributed by atoms with Crippen LogP contribution in [-0.4, -0.2) is 45.9 Å². The van der Waals surface area contributed by atoms with Crippen LogP contribution in [0.2, 0.25) is 0 Å². The second-order valence-electron chi connectivity index (χ2n) is 9.71. The molecule has 2 bridgehead atoms. The Labute approximate surface area is 188 Å². The maximum Gasteiger partial charge on any atom is 0.338 e. The molecule has 32 heavy (non-hydrogen) atoms. The second-order valence-corrected chi connectivity index (χ2v) is 9.71. The van der Waals surface area contributed by atoms with E-state index in [1.54, 1.807) is 6.33 Å². The van der Waals surface area contributed by atoms with Gasteiger partial charge in [0.25, 0.3) is 5.91 Å². The van der Waals surface area contributed by atoms with Crippen molar-refractivity contribution in [2.24, 2.45) is 5.41 Å². The zero-order valence-electron chi connectivity index (χ0n) is 19.1. The fourth-order valence-electron chi connectivity index (χ4n) is 5.82. The largest absolute Gasteiger partial charge is 0.462 e. The Balaban J connectivity index is 1.58. The van der Waals surface area contributed by atoms with Gasteiger partial charge in [-0.1, -0.05) is 32.9 Å². The molecule has 0 unspecified atom stereocenters. The number of carbonyl (C=O) groups is 2. The molecule has 1 aliphatic carbocycles. The maximum atomic E-state index is 13.7. The predicted molar refractivity (Wildman–Crippen MR) is 123 cm³/mol. The molecular weight excluding hydrogens is 402 g/mol. The number of aromatic nitrogens is 2. The van der Waals surface area contributed by atoms with Crippen molar-refractivity contribution in [3.05, 3.63) is 65.0 Å². The van der Waals surface area contributed by atoms with E-state index >= 15 is 0 Å². The Morgan fingerprint density at radius 2 is 2.03 bits per heavy atom. The zero-order chi connectivity index (χ0) is 22.7. The molecule has 6 nitrogen and oxygen atoms in total. The number of carbonyl (C=O) groups excluding carboxylic acids is 2. The Bertz CT molecular complexity index is 1230. The third-order valence-corrected chi connectivity index (χ3v) is 8.08. The van der Waals surface area contributed by atoms with E-state index in [4.69, 9.17) is 4.74 Å². The third kappa shape index (κ3) is 2.81. The van der Waals surface area contributed by atoms with Crippen LogP contribution in [0.4, 0.5) is 0 Å². The number of H-pyrrole nitrogens is 1. The molecule has 1 amide bonds. The van der Waals surface area contributed by atoms with Gasteiger partial charge in [0.2, 0.25) is 0 Å². The summed E-state index contributed by atoms with van der Waals surface area (Å²) in [6.45, 7) is 9.65. The van der Waals surface area contributed by atoms with E-state index in [0.717, 1.165) is 23.0 Å². The Kier molecular flexibility index (Phi) is 4.66. The number of imidazole rings is 1. The first-order valence-electron chi connectivity index (χ1n) is 11.3. The highest BCUT2D eigenvalue weighted by Crippen LogP contribution is 2.56. The summed E-state index contributed by atoms with van der Waals surface area (Å²) in [4.78, 5) is 35.8. The Hall–Kier alpha value is -3.15. The van der Waals surface area contributed by atoms with Crippen molar-refractivity contribution < 1.29 is 14.3 Å². The maximum absolute atomic E-state index is 13.7. The normalized spacial score (nSPS) is 23.6. The van der Waals surface area contributed by atoms with Crippen LogP contribution >= 0.6 is 0 Å². The molecular formula is C26H29N3O3. The summed E-state index contributed by atoms with van der Waals surface area (Å²) in [5, 5.41) is 0. The van der Waals surface area contributed by atoms with Crippen LogP contribution in [0.5, 0.6) is 0 Å². The van der Waals surface area contributed by atoms with Gasteiger partial charge >= 0.3 is 5.97 Å². The first-order chi connectivity index (χ1) is 15.3. The number of nitrogens with zero attached hydrogens (tertiary/aromatic N) is 2. The monoisotopic (exact) mass is 431 g/mol. The fraction of sp³-hybridized carbons (Fsp3) is 0.423. The molecule has 0 radical (unpaired) electrons. The molecule has 1 fully saturated rings. The number of esters is 1. The van der Waals surface area contributed by atoms with Gasteiger partial charge in [0.05, 0.1) is 29.5 Å². The van der Waals surface area contributed by atoms with Crippen LogP contribution in [-0.2, 0) is 16.6 Å². The number of piperidine rings is 1. The van der Waals surface area contributed by atoms with E-state index in [1.165, 1.54) is 5.56 Å². The van der Waals surface area contributed by atoms with Crippen LogP contribution in [0, 0.1) is 5.41 Å². The van der Waals surface area contributed by atoms with Crippen molar-refractivity contribution in [3.63, 3.8) is 0 Å². The van der Waals surface area contributed by atoms with Gasteiger partial charge in [0.15, 0.2) is 0 Å². The fourth-order valence-corrected chi connectivity index (χ4v) is 5.82. The number of benzene rings is 2. The number of hydrogen-bond donors (Lipinski definition) is 1. The Morgan fingerprint density at radius 1 is 1.22 bits per heavy atom. The summed E-state index contributed by atoms with van der Waals surface area (Å²) in [6.07, 6.45) is 3.12. The highest BCUT2D eigenvalue weighted by Gasteiger charge is 2.57. The SMILES string of the molecule is CCOC(=O)c1cccc2c1C[C@H]1N(C(=O)c3ccc4[nH]cnc4c3)CC[C@]2(C)C1(C)C. The number of aromatic amines is 1. The van der Waals surface area contributed by atoms with E-state index in [2.05, 4.69) is 36.8 Å². The van der Waals surface area contributed by atoms with Gasteiger partial charge in [-0.05, 0) is 60.6 Å². The number of hydrogen-bond acceptors (Lipinski definition) is 4. The highest BCUT2D eigenvalue weighted by molar-refractivity contribution is 5.98. The molecule has 2 aromatic carbocycles. The van der Waals surface area contributed by atoms with Crippen LogP contribution in [0.1, 0.15) is 66.0 Å². The molecule has 1 aliphatic heterocycles. The van der Waals surface area contributed by atoms with Crippen molar-refractivity contribution in [1.29, 1.82) is 0 Å². The first-order valence-corrected chi connectivity index (χ1v) is 11.3. The summed E-state index contributed by atoms with van der Waals surface area (Å²) in [7, 11) is 0. The van der Waals surface area contributed by atoms with Crippen molar-refractivity contribution in [1.82, 2.24) is 14.9 Å². The molecule has 6 heteroatoms. The van der Waals surface area contributed by atoms with E-state index in [0.29, 0.717) is 30.7 Å². The lowest BCUT2D eigenvalue weighted by molar-refractivity contribution is -0.0264. The van der Waals surface area contributed by atoms with Gasteiger partial charge in [-0.3, -0.25) is 4.79 Å². The minimum absolute atomic E-state index is 0.0205. The predicted octanol–water partition coefficient (Wildman–Crippen LogP) is 4.49. The lowest BCUT2D eigenvalue weighted by Gasteiger charge is -2.61. The smallest absolute Gasteiger partial charge is 0.338 e. The van der Waals surface area contributed by atoms with Crippen LogP contribution in [0.3, 0.4) is 0 Å². The number of fused-ring (bicyclic) bond motifs is 5. The minimum atomic E-state index is -0.285. The molecule has 0 spiro atoms. The number of ether oxygens (including phenoxy) is 1. The summed E-state index contributed by atoms with van der Waals surface area (Å²) in [5.74, 6) is -0.264. The third-order valence-electron chi connectivity index (χ3n) is 8.08. The van der Waals surface area contributed by atoms with E-state index in [-0.39, 0.29) is 28.7 Å². The number of likely N-dealkylation sites (tertiary alicyclic amines) is 1. The second kappa shape index (κ2) is 7.19. The van der Waals surface area contributed by atoms with Crippen molar-refractivity contribution in [2.75, 3.05) is 13.2 Å². The van der Waals surface area contributed by atoms with Gasteiger partial charge < -0.3 is 14.6 Å². The molecule has 5 rings (SSSR count). The first kappa shape index (κ1) is 20.7. The lowest BCUT2D eigenvalue weighted by atomic mass is 9.50. The van der Waals surface area contributed by atoms with Gasteiger partial charge in [-0.2, -0.15) is 0 Å². The van der Waals surface area contributed by atoms with Gasteiger partial charge in [-0.15, -0.1) is 0 Å². The molecule has 166 valence electrons. The minimum Gasteiger partial charge on any atom is -0.462 e. The number of nitrogens with one attached hydrogen (secondary N) is 1. The lowest BCUT2D eigenvalue weighted by Crippen LogP contribution is -2.65. The molecule has 2 aliphatic rings. The van der Waals surface area contributed by atoms with Crippen molar-refractivity contribution in [2.45, 2.75) is 52.0 Å². The molecule has 1 saturated heterocycles. The number of rotatable bonds is 3. The molecule has 1 aromatic heterocycles. The van der Waals surface area contributed by atoms with E-state index in [1.807, 2.05) is 42.2 Å². The van der Waals surface area contributed by atoms with Crippen molar-refractivity contribution in [3.8, 4) is 0 Å².